The maximum atomic E-state index is 13.9. The molecule has 2 aliphatic rings. The van der Waals surface area contributed by atoms with Crippen molar-refractivity contribution in [1.29, 1.82) is 0 Å². The summed E-state index contributed by atoms with van der Waals surface area (Å²) in [6.07, 6.45) is 1.16. The molecule has 1 unspecified atom stereocenters. The van der Waals surface area contributed by atoms with Gasteiger partial charge in [-0.15, -0.1) is 11.8 Å². The summed E-state index contributed by atoms with van der Waals surface area (Å²) in [7, 11) is -0.0116. The number of carboxylic acids is 1. The molecule has 1 fully saturated rings. The van der Waals surface area contributed by atoms with Crippen molar-refractivity contribution in [3.63, 3.8) is 0 Å². The zero-order chi connectivity index (χ0) is 24.6. The lowest BCUT2D eigenvalue weighted by Gasteiger charge is -2.59. The van der Waals surface area contributed by atoms with Crippen LogP contribution in [0.3, 0.4) is 0 Å². The van der Waals surface area contributed by atoms with Gasteiger partial charge in [0.2, 0.25) is 11.2 Å². The molecule has 3 rings (SSSR count). The molecule has 0 saturated carbocycles. The van der Waals surface area contributed by atoms with Crippen LogP contribution in [-0.2, 0) is 39.4 Å². The van der Waals surface area contributed by atoms with Crippen LogP contribution in [-0.4, -0.2) is 82.6 Å². The Kier molecular flexibility index (Phi) is 7.08. The van der Waals surface area contributed by atoms with Crippen molar-refractivity contribution < 1.29 is 42.5 Å². The van der Waals surface area contributed by atoms with Gasteiger partial charge >= 0.3 is 19.5 Å². The average molecular weight is 501 g/mol. The van der Waals surface area contributed by atoms with Gasteiger partial charge in [-0.05, 0) is 26.2 Å². The molecule has 12 nitrogen and oxygen atoms in total. The van der Waals surface area contributed by atoms with E-state index in [0.717, 1.165) is 23.8 Å². The monoisotopic (exact) mass is 501 g/mol. The molecule has 0 radical (unpaired) electrons. The second-order valence-corrected chi connectivity index (χ2v) is 11.5. The van der Waals surface area contributed by atoms with Crippen LogP contribution >= 0.6 is 19.3 Å². The normalized spacial score (nSPS) is 24.1. The third-order valence-corrected chi connectivity index (χ3v) is 9.80. The number of ether oxygens (including phenoxy) is 1. The van der Waals surface area contributed by atoms with E-state index in [2.05, 4.69) is 5.32 Å². The van der Waals surface area contributed by atoms with Gasteiger partial charge in [0.15, 0.2) is 0 Å². The third kappa shape index (κ3) is 4.10. The molecule has 33 heavy (non-hydrogen) atoms. The number of aliphatic carboxylic acids is 1. The maximum Gasteiger partial charge on any atom is 0.352 e. The molecular weight excluding hydrogens is 477 g/mol. The van der Waals surface area contributed by atoms with Gasteiger partial charge in [0.1, 0.15) is 23.4 Å². The van der Waals surface area contributed by atoms with Crippen LogP contribution in [0.5, 0.6) is 0 Å². The van der Waals surface area contributed by atoms with Crippen molar-refractivity contribution in [3.8, 4) is 0 Å². The van der Waals surface area contributed by atoms with Gasteiger partial charge in [0, 0.05) is 25.4 Å². The van der Waals surface area contributed by atoms with E-state index in [0.29, 0.717) is 5.76 Å². The largest absolute Gasteiger partial charge is 0.477 e. The molecule has 3 atom stereocenters. The Balaban J connectivity index is 2.03. The zero-order valence-corrected chi connectivity index (χ0v) is 20.1. The van der Waals surface area contributed by atoms with Crippen LogP contribution in [0.25, 0.3) is 0 Å². The Bertz CT molecular complexity index is 1050. The van der Waals surface area contributed by atoms with Gasteiger partial charge in [-0.1, -0.05) is 0 Å². The summed E-state index contributed by atoms with van der Waals surface area (Å²) in [5.74, 6) is -3.17. The molecule has 2 aliphatic heterocycles. The molecule has 0 spiro atoms. The number of esters is 1. The lowest BCUT2D eigenvalue weighted by molar-refractivity contribution is -0.154. The predicted molar refractivity (Wildman–Crippen MR) is 116 cm³/mol. The van der Waals surface area contributed by atoms with Gasteiger partial charge < -0.3 is 24.1 Å². The number of carboxylic acid groups (broad SMARTS) is 1. The summed E-state index contributed by atoms with van der Waals surface area (Å²) >= 11 is 1.09. The summed E-state index contributed by atoms with van der Waals surface area (Å²) in [6.45, 7) is 0.869. The van der Waals surface area contributed by atoms with E-state index in [1.807, 2.05) is 0 Å². The molecule has 0 aromatic carbocycles. The fourth-order valence-electron chi connectivity index (χ4n) is 3.80. The molecular formula is C19H24N3O9PS. The highest BCUT2D eigenvalue weighted by atomic mass is 32.2. The Morgan fingerprint density at radius 3 is 2.64 bits per heavy atom. The van der Waals surface area contributed by atoms with Crippen LogP contribution in [0.15, 0.2) is 34.1 Å². The van der Waals surface area contributed by atoms with Crippen molar-refractivity contribution in [2.75, 3.05) is 33.6 Å². The van der Waals surface area contributed by atoms with E-state index in [9.17, 15) is 28.8 Å². The second kappa shape index (κ2) is 9.34. The van der Waals surface area contributed by atoms with Gasteiger partial charge in [0.05, 0.1) is 12.7 Å². The van der Waals surface area contributed by atoms with Crippen LogP contribution in [0.2, 0.25) is 0 Å². The first-order valence-electron chi connectivity index (χ1n) is 9.70. The number of hydrogen-bond donors (Lipinski definition) is 2. The predicted octanol–water partition coefficient (Wildman–Crippen LogP) is 0.853. The van der Waals surface area contributed by atoms with Gasteiger partial charge in [-0.3, -0.25) is 23.8 Å². The van der Waals surface area contributed by atoms with E-state index in [1.165, 1.54) is 32.0 Å². The minimum atomic E-state index is -4.05. The quantitative estimate of drug-likeness (QED) is 0.281. The average Bonchev–Trinajstić information content (AvgIpc) is 3.26. The highest BCUT2D eigenvalue weighted by molar-refractivity contribution is 8.00. The smallest absolute Gasteiger partial charge is 0.352 e. The number of β-lactam (4-membered cyclic amide) rings is 1. The molecule has 0 aliphatic carbocycles. The molecule has 14 heteroatoms. The van der Waals surface area contributed by atoms with E-state index >= 15 is 0 Å². The first-order chi connectivity index (χ1) is 15.5. The van der Waals surface area contributed by atoms with Crippen molar-refractivity contribution in [2.45, 2.75) is 24.0 Å². The summed E-state index contributed by atoms with van der Waals surface area (Å²) in [4.78, 5) is 50.6. The molecule has 1 aromatic heterocycles. The highest BCUT2D eigenvalue weighted by Gasteiger charge is 2.75. The molecule has 180 valence electrons. The topological polar surface area (TPSA) is 156 Å². The Morgan fingerprint density at radius 2 is 2.12 bits per heavy atom. The highest BCUT2D eigenvalue weighted by Crippen LogP contribution is 2.68. The van der Waals surface area contributed by atoms with Gasteiger partial charge in [-0.25, -0.2) is 9.46 Å². The second-order valence-electron chi connectivity index (χ2n) is 7.50. The zero-order valence-electron chi connectivity index (χ0n) is 18.4. The summed E-state index contributed by atoms with van der Waals surface area (Å²) in [5.41, 5.74) is -0.165. The number of hydrogen-bond acceptors (Lipinski definition) is 9. The number of thioether (sulfide) groups is 1. The number of furan rings is 1. The number of nitrogens with one attached hydrogen (secondary N) is 1. The standard InChI is InChI=1S/C19H24N3O9PS/c1-11(23)31-9-12-10-33-18-19(32(28,29-4)21(2)3,17(27)22(18)15(12)16(25)26)20-14(24)8-13-6-5-7-30-13/h5-7,18H,8-10H2,1-4H3,(H,20,24)(H,25,26)/t18-,19+,32?/m1/s1. The molecule has 2 N–H and O–H groups in total. The van der Waals surface area contributed by atoms with Crippen molar-refractivity contribution in [3.05, 3.63) is 35.4 Å². The van der Waals surface area contributed by atoms with Gasteiger partial charge in [-0.2, -0.15) is 0 Å². The molecule has 0 bridgehead atoms. The van der Waals surface area contributed by atoms with Crippen LogP contribution in [0.4, 0.5) is 0 Å². The Labute approximate surface area is 193 Å². The SMILES string of the molecule is COP(=O)(N(C)C)[C@@]1(NC(=O)Cc2ccco2)C(=O)N2C(C(=O)O)=C(COC(C)=O)CS[C@@H]21. The van der Waals surface area contributed by atoms with E-state index < -0.39 is 41.9 Å². The number of fused-ring (bicyclic) bond motifs is 1. The summed E-state index contributed by atoms with van der Waals surface area (Å²) in [5, 5.41) is 9.30. The van der Waals surface area contributed by atoms with Crippen LogP contribution < -0.4 is 5.32 Å². The van der Waals surface area contributed by atoms with Gasteiger partial charge in [0.25, 0.3) is 5.91 Å². The first-order valence-corrected chi connectivity index (χ1v) is 12.3. The molecule has 1 aromatic rings. The maximum absolute atomic E-state index is 13.9. The van der Waals surface area contributed by atoms with Crippen LogP contribution in [0, 0.1) is 0 Å². The van der Waals surface area contributed by atoms with Crippen molar-refractivity contribution >= 4 is 43.0 Å². The minimum absolute atomic E-state index is 0.0658. The van der Waals surface area contributed by atoms with E-state index in [4.69, 9.17) is 13.7 Å². The summed E-state index contributed by atoms with van der Waals surface area (Å²) < 4.78 is 30.6. The molecule has 2 amide bonds. The van der Waals surface area contributed by atoms with E-state index in [-0.39, 0.29) is 30.1 Å². The number of rotatable bonds is 9. The number of carbonyl (C=O) groups is 4. The minimum Gasteiger partial charge on any atom is -0.477 e. The number of amides is 2. The van der Waals surface area contributed by atoms with Crippen LogP contribution in [0.1, 0.15) is 12.7 Å². The van der Waals surface area contributed by atoms with Crippen molar-refractivity contribution in [1.82, 2.24) is 14.9 Å². The van der Waals surface area contributed by atoms with Crippen molar-refractivity contribution in [2.24, 2.45) is 0 Å². The summed E-state index contributed by atoms with van der Waals surface area (Å²) in [6, 6.07) is 3.17. The van der Waals surface area contributed by atoms with E-state index in [1.54, 1.807) is 12.1 Å². The number of nitrogens with zero attached hydrogens (tertiary/aromatic N) is 2. The lowest BCUT2D eigenvalue weighted by Crippen LogP contribution is -2.80. The Hall–Kier alpha value is -2.60. The fourth-order valence-corrected chi connectivity index (χ4v) is 8.01. The first kappa shape index (κ1) is 25.0. The third-order valence-electron chi connectivity index (χ3n) is 5.24. The molecule has 3 heterocycles. The Morgan fingerprint density at radius 1 is 1.42 bits per heavy atom. The fraction of sp³-hybridized carbons (Fsp3) is 0.474. The molecule has 1 saturated heterocycles. The lowest BCUT2D eigenvalue weighted by atomic mass is 10.0. The number of carbonyl (C=O) groups excluding carboxylic acids is 3.